The molecule has 1 amide bonds. The van der Waals surface area contributed by atoms with E-state index in [0.29, 0.717) is 13.0 Å². The minimum atomic E-state index is 0.197. The average Bonchev–Trinajstić information content (AvgIpc) is 2.86. The van der Waals surface area contributed by atoms with Crippen molar-refractivity contribution in [3.8, 4) is 5.75 Å². The highest BCUT2D eigenvalue weighted by atomic mass is 16.5. The first-order valence-electron chi connectivity index (χ1n) is 12.3. The number of benzene rings is 3. The van der Waals surface area contributed by atoms with Crippen molar-refractivity contribution in [2.75, 3.05) is 20.2 Å². The van der Waals surface area contributed by atoms with Gasteiger partial charge in [-0.1, -0.05) is 71.8 Å². The fourth-order valence-electron chi connectivity index (χ4n) is 4.67. The maximum Gasteiger partial charge on any atom is 0.227 e. The van der Waals surface area contributed by atoms with Crippen LogP contribution in [-0.2, 0) is 24.3 Å². The number of hydrogen-bond donors (Lipinski definition) is 0. The molecule has 0 atom stereocenters. The van der Waals surface area contributed by atoms with Crippen LogP contribution in [0.4, 0.5) is 0 Å². The van der Waals surface area contributed by atoms with Crippen LogP contribution >= 0.6 is 0 Å². The normalized spacial score (nSPS) is 14.7. The maximum absolute atomic E-state index is 13.5. The number of methoxy groups -OCH3 is 1. The number of ether oxygens (including phenoxy) is 1. The van der Waals surface area contributed by atoms with Crippen molar-refractivity contribution in [3.63, 3.8) is 0 Å². The molecule has 3 aromatic rings. The number of amides is 1. The van der Waals surface area contributed by atoms with Crippen LogP contribution in [0.15, 0.2) is 72.8 Å². The largest absolute Gasteiger partial charge is 0.497 e. The first-order valence-corrected chi connectivity index (χ1v) is 12.3. The molecule has 3 aromatic carbocycles. The topological polar surface area (TPSA) is 32.8 Å². The summed E-state index contributed by atoms with van der Waals surface area (Å²) in [6.45, 7) is 7.89. The van der Waals surface area contributed by atoms with Gasteiger partial charge in [0.15, 0.2) is 0 Å². The van der Waals surface area contributed by atoms with E-state index >= 15 is 0 Å². The fourth-order valence-corrected chi connectivity index (χ4v) is 4.67. The number of likely N-dealkylation sites (tertiary alicyclic amines) is 1. The Balaban J connectivity index is 1.43. The van der Waals surface area contributed by atoms with Crippen molar-refractivity contribution in [1.82, 2.24) is 9.80 Å². The second kappa shape index (κ2) is 11.3. The molecule has 4 heteroatoms. The summed E-state index contributed by atoms with van der Waals surface area (Å²) in [6.07, 6.45) is 2.43. The molecule has 0 spiro atoms. The van der Waals surface area contributed by atoms with Crippen LogP contribution < -0.4 is 4.74 Å². The van der Waals surface area contributed by atoms with E-state index in [1.165, 1.54) is 22.3 Å². The lowest BCUT2D eigenvalue weighted by molar-refractivity contribution is -0.134. The molecule has 1 aliphatic rings. The van der Waals surface area contributed by atoms with Gasteiger partial charge in [0, 0.05) is 32.2 Å². The second-order valence-electron chi connectivity index (χ2n) is 9.53. The summed E-state index contributed by atoms with van der Waals surface area (Å²) < 4.78 is 5.26. The Morgan fingerprint density at radius 2 is 1.35 bits per heavy atom. The molecule has 0 N–H and O–H groups in total. The molecule has 4 nitrogen and oxygen atoms in total. The van der Waals surface area contributed by atoms with E-state index in [-0.39, 0.29) is 11.9 Å². The van der Waals surface area contributed by atoms with Gasteiger partial charge in [0.1, 0.15) is 5.75 Å². The molecule has 1 aliphatic heterocycles. The molecular formula is C30H36N2O2. The first kappa shape index (κ1) is 24.0. The first-order chi connectivity index (χ1) is 16.5. The van der Waals surface area contributed by atoms with Crippen molar-refractivity contribution in [1.29, 1.82) is 0 Å². The molecule has 1 heterocycles. The molecule has 34 heavy (non-hydrogen) atoms. The van der Waals surface area contributed by atoms with E-state index in [2.05, 4.69) is 72.2 Å². The molecule has 0 aliphatic carbocycles. The third-order valence-electron chi connectivity index (χ3n) is 6.83. The lowest BCUT2D eigenvalue weighted by Gasteiger charge is -2.39. The molecule has 0 saturated carbocycles. The maximum atomic E-state index is 13.5. The molecule has 0 unspecified atom stereocenters. The lowest BCUT2D eigenvalue weighted by atomic mass is 9.99. The fraction of sp³-hybridized carbons (Fsp3) is 0.367. The van der Waals surface area contributed by atoms with Gasteiger partial charge in [0.2, 0.25) is 5.91 Å². The van der Waals surface area contributed by atoms with Crippen molar-refractivity contribution in [2.45, 2.75) is 52.2 Å². The van der Waals surface area contributed by atoms with Gasteiger partial charge < -0.3 is 9.64 Å². The number of hydrogen-bond acceptors (Lipinski definition) is 3. The van der Waals surface area contributed by atoms with E-state index in [1.54, 1.807) is 7.11 Å². The van der Waals surface area contributed by atoms with Gasteiger partial charge in [0.05, 0.1) is 13.5 Å². The number of rotatable bonds is 8. The van der Waals surface area contributed by atoms with Crippen LogP contribution in [0.2, 0.25) is 0 Å². The Kier molecular flexibility index (Phi) is 8.02. The van der Waals surface area contributed by atoms with E-state index < -0.39 is 0 Å². The highest BCUT2D eigenvalue weighted by molar-refractivity contribution is 5.79. The number of carbonyl (C=O) groups is 1. The molecule has 1 fully saturated rings. The Bertz CT molecular complexity index is 1050. The smallest absolute Gasteiger partial charge is 0.227 e. The third-order valence-corrected chi connectivity index (χ3v) is 6.83. The van der Waals surface area contributed by atoms with E-state index in [9.17, 15) is 4.79 Å². The highest BCUT2D eigenvalue weighted by Crippen LogP contribution is 2.23. The molecule has 0 radical (unpaired) electrons. The number of aryl methyl sites for hydroxylation is 2. The Labute approximate surface area is 204 Å². The summed E-state index contributed by atoms with van der Waals surface area (Å²) in [6, 6.07) is 25.5. The van der Waals surface area contributed by atoms with Gasteiger partial charge in [-0.3, -0.25) is 9.69 Å². The molecule has 4 rings (SSSR count). The summed E-state index contributed by atoms with van der Waals surface area (Å²) in [5.74, 6) is 1.01. The van der Waals surface area contributed by atoms with Crippen molar-refractivity contribution < 1.29 is 9.53 Å². The van der Waals surface area contributed by atoms with Gasteiger partial charge >= 0.3 is 0 Å². The van der Waals surface area contributed by atoms with Gasteiger partial charge in [-0.25, -0.2) is 0 Å². The summed E-state index contributed by atoms with van der Waals surface area (Å²) in [7, 11) is 1.66. The molecule has 0 bridgehead atoms. The molecule has 1 saturated heterocycles. The van der Waals surface area contributed by atoms with Crippen LogP contribution in [0, 0.1) is 13.8 Å². The highest BCUT2D eigenvalue weighted by Gasteiger charge is 2.28. The zero-order valence-electron chi connectivity index (χ0n) is 20.7. The monoisotopic (exact) mass is 456 g/mol. The zero-order valence-corrected chi connectivity index (χ0v) is 20.7. The van der Waals surface area contributed by atoms with Gasteiger partial charge in [-0.2, -0.15) is 0 Å². The minimum absolute atomic E-state index is 0.197. The van der Waals surface area contributed by atoms with E-state index in [1.807, 2.05) is 24.3 Å². The van der Waals surface area contributed by atoms with Crippen LogP contribution in [0.5, 0.6) is 5.75 Å². The average molecular weight is 457 g/mol. The van der Waals surface area contributed by atoms with Gasteiger partial charge in [-0.15, -0.1) is 0 Å². The van der Waals surface area contributed by atoms with Crippen molar-refractivity contribution >= 4 is 5.91 Å². The number of carbonyl (C=O) groups excluding carboxylic acids is 1. The van der Waals surface area contributed by atoms with Crippen LogP contribution in [0.1, 0.15) is 40.7 Å². The number of nitrogens with zero attached hydrogens (tertiary/aromatic N) is 2. The zero-order chi connectivity index (χ0) is 23.9. The third kappa shape index (κ3) is 6.48. The standard InChI is InChI=1S/C30H36N2O2/c1-23-4-8-26(9-5-23)21-31-18-16-28(17-19-31)32(22-27-10-6-24(2)7-11-27)30(33)20-25-12-14-29(34-3)15-13-25/h4-15,28H,16-22H2,1-3H3. The van der Waals surface area contributed by atoms with E-state index in [4.69, 9.17) is 4.74 Å². The summed E-state index contributed by atoms with van der Waals surface area (Å²) in [4.78, 5) is 18.2. The second-order valence-corrected chi connectivity index (χ2v) is 9.53. The summed E-state index contributed by atoms with van der Waals surface area (Å²) >= 11 is 0. The Morgan fingerprint density at radius 3 is 1.91 bits per heavy atom. The summed E-state index contributed by atoms with van der Waals surface area (Å²) in [5, 5.41) is 0. The van der Waals surface area contributed by atoms with Crippen molar-refractivity contribution in [2.24, 2.45) is 0 Å². The SMILES string of the molecule is COc1ccc(CC(=O)N(Cc2ccc(C)cc2)C2CCN(Cc3ccc(C)cc3)CC2)cc1. The lowest BCUT2D eigenvalue weighted by Crippen LogP contribution is -2.47. The Hall–Kier alpha value is -3.11. The minimum Gasteiger partial charge on any atom is -0.497 e. The van der Waals surface area contributed by atoms with Crippen LogP contribution in [0.3, 0.4) is 0 Å². The predicted octanol–water partition coefficient (Wildman–Crippen LogP) is 5.55. The number of piperidine rings is 1. The quantitative estimate of drug-likeness (QED) is 0.446. The predicted molar refractivity (Wildman–Crippen MR) is 138 cm³/mol. The Morgan fingerprint density at radius 1 is 0.824 bits per heavy atom. The van der Waals surface area contributed by atoms with Gasteiger partial charge in [0.25, 0.3) is 0 Å². The molecule has 178 valence electrons. The van der Waals surface area contributed by atoms with Crippen LogP contribution in [0.25, 0.3) is 0 Å². The van der Waals surface area contributed by atoms with Gasteiger partial charge in [-0.05, 0) is 55.5 Å². The summed E-state index contributed by atoms with van der Waals surface area (Å²) in [5.41, 5.74) is 6.11. The van der Waals surface area contributed by atoms with Crippen molar-refractivity contribution in [3.05, 3.63) is 101 Å². The molecular weight excluding hydrogens is 420 g/mol. The van der Waals surface area contributed by atoms with Crippen LogP contribution in [-0.4, -0.2) is 41.9 Å². The molecule has 0 aromatic heterocycles. The van der Waals surface area contributed by atoms with E-state index in [0.717, 1.165) is 43.8 Å².